The number of hydrogen-bond acceptors (Lipinski definition) is 5. The summed E-state index contributed by atoms with van der Waals surface area (Å²) in [4.78, 5) is 14.6. The number of aryl methyl sites for hydroxylation is 1. The van der Waals surface area contributed by atoms with E-state index in [2.05, 4.69) is 12.1 Å². The van der Waals surface area contributed by atoms with Crippen molar-refractivity contribution in [2.45, 2.75) is 24.5 Å². The van der Waals surface area contributed by atoms with Gasteiger partial charge < -0.3 is 9.47 Å². The summed E-state index contributed by atoms with van der Waals surface area (Å²) in [6.45, 7) is 0.658. The summed E-state index contributed by atoms with van der Waals surface area (Å²) in [5, 5.41) is -0.213. The molecule has 1 amide bonds. The first-order valence-corrected chi connectivity index (χ1v) is 10.2. The molecule has 1 atom stereocenters. The smallest absolute Gasteiger partial charge is 0.241 e. The van der Waals surface area contributed by atoms with Crippen molar-refractivity contribution in [2.24, 2.45) is 0 Å². The summed E-state index contributed by atoms with van der Waals surface area (Å²) in [7, 11) is 3.26. The summed E-state index contributed by atoms with van der Waals surface area (Å²) >= 11 is 6.93. The van der Waals surface area contributed by atoms with Gasteiger partial charge in [-0.3, -0.25) is 9.69 Å². The standard InChI is InChI=1S/C21H23NO3S2/c1-24-17-10-11-18(25-2)16(13-17)14-19-20(23)22(21(26)27-19)12-6-9-15-7-4-3-5-8-15/h3-5,7-8,10-11,13,19H,6,9,12,14H2,1-2H3/t19-/m0/s1. The third-order valence-corrected chi connectivity index (χ3v) is 6.17. The zero-order chi connectivity index (χ0) is 19.2. The minimum Gasteiger partial charge on any atom is -0.497 e. The second kappa shape index (κ2) is 9.24. The largest absolute Gasteiger partial charge is 0.497 e. The molecule has 1 aliphatic heterocycles. The molecule has 142 valence electrons. The Morgan fingerprint density at radius 2 is 1.89 bits per heavy atom. The summed E-state index contributed by atoms with van der Waals surface area (Å²) in [6.07, 6.45) is 2.40. The number of benzene rings is 2. The van der Waals surface area contributed by atoms with Crippen LogP contribution in [0.15, 0.2) is 48.5 Å². The van der Waals surface area contributed by atoms with Crippen molar-refractivity contribution < 1.29 is 14.3 Å². The number of rotatable bonds is 8. The van der Waals surface area contributed by atoms with E-state index < -0.39 is 0 Å². The van der Waals surface area contributed by atoms with Crippen LogP contribution in [0.5, 0.6) is 11.5 Å². The zero-order valence-corrected chi connectivity index (χ0v) is 17.1. The van der Waals surface area contributed by atoms with Gasteiger partial charge in [-0.15, -0.1) is 0 Å². The summed E-state index contributed by atoms with van der Waals surface area (Å²) in [5.41, 5.74) is 2.23. The molecule has 0 spiro atoms. The molecule has 1 saturated heterocycles. The lowest BCUT2D eigenvalue weighted by molar-refractivity contribution is -0.126. The Kier molecular flexibility index (Phi) is 6.74. The third kappa shape index (κ3) is 4.82. The van der Waals surface area contributed by atoms with Gasteiger partial charge in [-0.1, -0.05) is 54.3 Å². The van der Waals surface area contributed by atoms with Crippen LogP contribution >= 0.6 is 24.0 Å². The first-order valence-electron chi connectivity index (χ1n) is 8.89. The van der Waals surface area contributed by atoms with Crippen LogP contribution in [-0.4, -0.2) is 41.1 Å². The lowest BCUT2D eigenvalue weighted by atomic mass is 10.1. The third-order valence-electron chi connectivity index (χ3n) is 4.59. The van der Waals surface area contributed by atoms with Gasteiger partial charge in [0.1, 0.15) is 15.8 Å². The van der Waals surface area contributed by atoms with E-state index in [9.17, 15) is 4.79 Å². The number of carbonyl (C=O) groups excluding carboxylic acids is 1. The predicted octanol–water partition coefficient (Wildman–Crippen LogP) is 4.11. The molecule has 0 saturated carbocycles. The molecule has 0 N–H and O–H groups in total. The minimum absolute atomic E-state index is 0.0861. The fourth-order valence-electron chi connectivity index (χ4n) is 3.16. The van der Waals surface area contributed by atoms with E-state index in [-0.39, 0.29) is 11.2 Å². The van der Waals surface area contributed by atoms with Crippen LogP contribution < -0.4 is 9.47 Å². The monoisotopic (exact) mass is 401 g/mol. The minimum atomic E-state index is -0.213. The highest BCUT2D eigenvalue weighted by Crippen LogP contribution is 2.33. The molecule has 6 heteroatoms. The summed E-state index contributed by atoms with van der Waals surface area (Å²) in [5.74, 6) is 1.60. The summed E-state index contributed by atoms with van der Waals surface area (Å²) in [6, 6.07) is 15.9. The Labute approximate surface area is 169 Å². The number of methoxy groups -OCH3 is 2. The van der Waals surface area contributed by atoms with E-state index in [0.717, 1.165) is 29.9 Å². The number of nitrogens with zero attached hydrogens (tertiary/aromatic N) is 1. The molecule has 1 heterocycles. The first-order chi connectivity index (χ1) is 13.1. The number of hydrogen-bond donors (Lipinski definition) is 0. The number of thiocarbonyl (C=S) groups is 1. The molecule has 2 aromatic carbocycles. The van der Waals surface area contributed by atoms with Crippen LogP contribution in [-0.2, 0) is 17.6 Å². The highest BCUT2D eigenvalue weighted by Gasteiger charge is 2.36. The lowest BCUT2D eigenvalue weighted by Gasteiger charge is -2.16. The zero-order valence-electron chi connectivity index (χ0n) is 15.5. The molecule has 2 aromatic rings. The molecule has 1 fully saturated rings. The molecule has 4 nitrogen and oxygen atoms in total. The van der Waals surface area contributed by atoms with Crippen LogP contribution in [0.1, 0.15) is 17.5 Å². The van der Waals surface area contributed by atoms with Crippen LogP contribution in [0, 0.1) is 0 Å². The van der Waals surface area contributed by atoms with E-state index in [1.54, 1.807) is 19.1 Å². The maximum atomic E-state index is 12.9. The fourth-order valence-corrected chi connectivity index (χ4v) is 4.73. The van der Waals surface area contributed by atoms with Crippen molar-refractivity contribution in [3.05, 3.63) is 59.7 Å². The number of carbonyl (C=O) groups is 1. The van der Waals surface area contributed by atoms with Crippen LogP contribution in [0.2, 0.25) is 0 Å². The van der Waals surface area contributed by atoms with Crippen LogP contribution in [0.3, 0.4) is 0 Å². The number of amides is 1. The molecule has 3 rings (SSSR count). The van der Waals surface area contributed by atoms with Gasteiger partial charge in [0.05, 0.1) is 19.5 Å². The molecule has 0 unspecified atom stereocenters. The molecule has 0 aliphatic carbocycles. The second-order valence-corrected chi connectivity index (χ2v) is 8.17. The SMILES string of the molecule is COc1ccc(OC)c(C[C@@H]2SC(=S)N(CCCc3ccccc3)C2=O)c1. The van der Waals surface area contributed by atoms with E-state index in [4.69, 9.17) is 21.7 Å². The van der Waals surface area contributed by atoms with Gasteiger partial charge in [0, 0.05) is 6.54 Å². The van der Waals surface area contributed by atoms with E-state index in [1.165, 1.54) is 17.3 Å². The van der Waals surface area contributed by atoms with Crippen molar-refractivity contribution in [3.8, 4) is 11.5 Å². The first kappa shape index (κ1) is 19.7. The van der Waals surface area contributed by atoms with E-state index in [0.29, 0.717) is 17.3 Å². The van der Waals surface area contributed by atoms with Crippen molar-refractivity contribution >= 4 is 34.2 Å². The molecule has 0 radical (unpaired) electrons. The average molecular weight is 402 g/mol. The summed E-state index contributed by atoms with van der Waals surface area (Å²) < 4.78 is 11.4. The van der Waals surface area contributed by atoms with Gasteiger partial charge in [-0.25, -0.2) is 0 Å². The Hall–Kier alpha value is -2.05. The Morgan fingerprint density at radius 1 is 1.11 bits per heavy atom. The quantitative estimate of drug-likeness (QED) is 0.623. The topological polar surface area (TPSA) is 38.8 Å². The van der Waals surface area contributed by atoms with Crippen molar-refractivity contribution in [1.29, 1.82) is 0 Å². The number of thioether (sulfide) groups is 1. The molecule has 0 bridgehead atoms. The van der Waals surface area contributed by atoms with Gasteiger partial charge in [0.2, 0.25) is 5.91 Å². The van der Waals surface area contributed by atoms with Crippen LogP contribution in [0.25, 0.3) is 0 Å². The van der Waals surface area contributed by atoms with Gasteiger partial charge in [-0.05, 0) is 48.6 Å². The Bertz CT molecular complexity index is 810. The second-order valence-electron chi connectivity index (χ2n) is 6.33. The molecular formula is C21H23NO3S2. The highest BCUT2D eigenvalue weighted by molar-refractivity contribution is 8.24. The van der Waals surface area contributed by atoms with Gasteiger partial charge in [0.15, 0.2) is 0 Å². The normalized spacial score (nSPS) is 16.7. The maximum absolute atomic E-state index is 12.9. The van der Waals surface area contributed by atoms with E-state index >= 15 is 0 Å². The predicted molar refractivity (Wildman–Crippen MR) is 114 cm³/mol. The molecule has 0 aromatic heterocycles. The van der Waals surface area contributed by atoms with Crippen molar-refractivity contribution in [3.63, 3.8) is 0 Å². The number of ether oxygens (including phenoxy) is 2. The molecule has 27 heavy (non-hydrogen) atoms. The van der Waals surface area contributed by atoms with E-state index in [1.807, 2.05) is 36.4 Å². The van der Waals surface area contributed by atoms with Crippen molar-refractivity contribution in [1.82, 2.24) is 4.90 Å². The van der Waals surface area contributed by atoms with Gasteiger partial charge in [0.25, 0.3) is 0 Å². The Balaban J connectivity index is 1.62. The van der Waals surface area contributed by atoms with Crippen LogP contribution in [0.4, 0.5) is 0 Å². The van der Waals surface area contributed by atoms with Gasteiger partial charge >= 0.3 is 0 Å². The van der Waals surface area contributed by atoms with Gasteiger partial charge in [-0.2, -0.15) is 0 Å². The Morgan fingerprint density at radius 3 is 2.59 bits per heavy atom. The molecule has 1 aliphatic rings. The van der Waals surface area contributed by atoms with Crippen molar-refractivity contribution in [2.75, 3.05) is 20.8 Å². The molecular weight excluding hydrogens is 378 g/mol. The highest BCUT2D eigenvalue weighted by atomic mass is 32.2. The maximum Gasteiger partial charge on any atom is 0.241 e. The fraction of sp³-hybridized carbons (Fsp3) is 0.333. The lowest BCUT2D eigenvalue weighted by Crippen LogP contribution is -2.33. The average Bonchev–Trinajstić information content (AvgIpc) is 2.96.